The van der Waals surface area contributed by atoms with Gasteiger partial charge in [0.2, 0.25) is 0 Å². The molecule has 3 rings (SSSR count). The number of hydrogen-bond acceptors (Lipinski definition) is 4. The second kappa shape index (κ2) is 6.61. The summed E-state index contributed by atoms with van der Waals surface area (Å²) in [6.07, 6.45) is 3.35. The Hall–Kier alpha value is -2.75. The Bertz CT molecular complexity index is 693. The molecule has 0 atom stereocenters. The zero-order chi connectivity index (χ0) is 13.8. The lowest BCUT2D eigenvalue weighted by Gasteiger charge is -2.07. The van der Waals surface area contributed by atoms with E-state index in [-0.39, 0.29) is 7.43 Å². The number of benzene rings is 1. The summed E-state index contributed by atoms with van der Waals surface area (Å²) in [7, 11) is 0. The Balaban J connectivity index is 0.00000161. The topological polar surface area (TPSA) is 50.7 Å². The highest BCUT2D eigenvalue weighted by molar-refractivity contribution is 5.64. The molecule has 0 aliphatic carbocycles. The van der Waals surface area contributed by atoms with Gasteiger partial charge in [-0.15, -0.1) is 0 Å². The maximum atomic E-state index is 4.30. The molecule has 1 N–H and O–H groups in total. The first-order chi connectivity index (χ1) is 9.81. The first kappa shape index (κ1) is 14.7. The first-order valence-corrected chi connectivity index (χ1v) is 6.38. The molecule has 0 amide bonds. The molecular formula is C17H18N4. The summed E-state index contributed by atoms with van der Waals surface area (Å²) in [5, 5.41) is 3.23. The Kier molecular flexibility index (Phi) is 4.61. The summed E-state index contributed by atoms with van der Waals surface area (Å²) in [5.41, 5.74) is 3.86. The van der Waals surface area contributed by atoms with E-state index in [4.69, 9.17) is 0 Å². The third-order valence-corrected chi connectivity index (χ3v) is 2.92. The number of rotatable bonds is 3. The number of nitrogens with zero attached hydrogens (tertiary/aromatic N) is 3. The van der Waals surface area contributed by atoms with Crippen molar-refractivity contribution in [3.63, 3.8) is 0 Å². The molecule has 0 bridgehead atoms. The Morgan fingerprint density at radius 1 is 0.905 bits per heavy atom. The maximum Gasteiger partial charge on any atom is 0.134 e. The zero-order valence-electron chi connectivity index (χ0n) is 11.1. The molecule has 4 heteroatoms. The van der Waals surface area contributed by atoms with Crippen molar-refractivity contribution in [2.75, 3.05) is 5.32 Å². The minimum Gasteiger partial charge on any atom is -0.339 e. The second-order valence-electron chi connectivity index (χ2n) is 4.47. The largest absolute Gasteiger partial charge is 0.339 e. The summed E-state index contributed by atoms with van der Waals surface area (Å²) in [4.78, 5) is 12.8. The number of nitrogens with one attached hydrogen (secondary N) is 1. The number of anilines is 2. The van der Waals surface area contributed by atoms with E-state index in [2.05, 4.69) is 20.3 Å². The van der Waals surface area contributed by atoms with Crippen LogP contribution in [0.1, 0.15) is 13.1 Å². The molecule has 2 aromatic heterocycles. The molecule has 0 fully saturated rings. The van der Waals surface area contributed by atoms with Gasteiger partial charge in [-0.1, -0.05) is 37.8 Å². The van der Waals surface area contributed by atoms with Crippen molar-refractivity contribution < 1.29 is 0 Å². The number of aryl methyl sites for hydroxylation is 1. The molecule has 4 nitrogen and oxygen atoms in total. The van der Waals surface area contributed by atoms with Crippen molar-refractivity contribution in [1.82, 2.24) is 15.0 Å². The molecule has 1 aromatic carbocycles. The molecule has 0 saturated carbocycles. The number of aromatic nitrogens is 3. The summed E-state index contributed by atoms with van der Waals surface area (Å²) >= 11 is 0. The minimum absolute atomic E-state index is 0. The molecule has 0 unspecified atom stereocenters. The highest BCUT2D eigenvalue weighted by atomic mass is 15.0. The monoisotopic (exact) mass is 278 g/mol. The first-order valence-electron chi connectivity index (χ1n) is 6.38. The fraction of sp³-hybridized carbons (Fsp3) is 0.118. The van der Waals surface area contributed by atoms with Gasteiger partial charge in [0.05, 0.1) is 17.6 Å². The van der Waals surface area contributed by atoms with Gasteiger partial charge >= 0.3 is 0 Å². The minimum atomic E-state index is 0. The second-order valence-corrected chi connectivity index (χ2v) is 4.47. The van der Waals surface area contributed by atoms with Crippen molar-refractivity contribution in [3.8, 4) is 11.3 Å². The Labute approximate surface area is 124 Å². The van der Waals surface area contributed by atoms with Crippen LogP contribution in [0.25, 0.3) is 11.3 Å². The van der Waals surface area contributed by atoms with E-state index >= 15 is 0 Å². The molecular weight excluding hydrogens is 260 g/mol. The van der Waals surface area contributed by atoms with Crippen LogP contribution in [0.3, 0.4) is 0 Å². The fourth-order valence-electron chi connectivity index (χ4n) is 1.88. The van der Waals surface area contributed by atoms with Crippen LogP contribution in [0.2, 0.25) is 0 Å². The highest BCUT2D eigenvalue weighted by Crippen LogP contribution is 2.20. The van der Waals surface area contributed by atoms with Crippen molar-refractivity contribution in [2.24, 2.45) is 0 Å². The van der Waals surface area contributed by atoms with Crippen molar-refractivity contribution in [3.05, 3.63) is 66.7 Å². The standard InChI is InChI=1S/C16H14N4.CH4/c1-12-7-8-14(10-17-12)20-16-9-15(18-11-19-16)13-5-3-2-4-6-13;/h2-11H,1H3,(H,18,19,20);1H4. The van der Waals surface area contributed by atoms with Crippen LogP contribution in [0.5, 0.6) is 0 Å². The molecule has 0 radical (unpaired) electrons. The fourth-order valence-corrected chi connectivity index (χ4v) is 1.88. The smallest absolute Gasteiger partial charge is 0.134 e. The predicted molar refractivity (Wildman–Crippen MR) is 86.5 cm³/mol. The lowest BCUT2D eigenvalue weighted by atomic mass is 10.1. The molecule has 0 spiro atoms. The maximum absolute atomic E-state index is 4.30. The van der Waals surface area contributed by atoms with Crippen LogP contribution in [0.15, 0.2) is 61.1 Å². The van der Waals surface area contributed by atoms with Crippen LogP contribution in [0.4, 0.5) is 11.5 Å². The van der Waals surface area contributed by atoms with Crippen LogP contribution < -0.4 is 5.32 Å². The van der Waals surface area contributed by atoms with Crippen molar-refractivity contribution in [1.29, 1.82) is 0 Å². The average Bonchev–Trinajstić information content (AvgIpc) is 2.51. The van der Waals surface area contributed by atoms with Gasteiger partial charge in [0, 0.05) is 17.3 Å². The van der Waals surface area contributed by atoms with E-state index < -0.39 is 0 Å². The quantitative estimate of drug-likeness (QED) is 0.779. The molecule has 21 heavy (non-hydrogen) atoms. The van der Waals surface area contributed by atoms with Crippen LogP contribution in [-0.4, -0.2) is 15.0 Å². The van der Waals surface area contributed by atoms with Gasteiger partial charge in [0.25, 0.3) is 0 Å². The molecule has 0 saturated heterocycles. The van der Waals surface area contributed by atoms with Crippen molar-refractivity contribution >= 4 is 11.5 Å². The zero-order valence-corrected chi connectivity index (χ0v) is 11.1. The summed E-state index contributed by atoms with van der Waals surface area (Å²) in [6, 6.07) is 15.9. The number of pyridine rings is 1. The third kappa shape index (κ3) is 3.63. The van der Waals surface area contributed by atoms with Gasteiger partial charge in [-0.05, 0) is 19.1 Å². The van der Waals surface area contributed by atoms with Gasteiger partial charge in [0.15, 0.2) is 0 Å². The third-order valence-electron chi connectivity index (χ3n) is 2.92. The lowest BCUT2D eigenvalue weighted by molar-refractivity contribution is 1.16. The lowest BCUT2D eigenvalue weighted by Crippen LogP contribution is -1.96. The summed E-state index contributed by atoms with van der Waals surface area (Å²) < 4.78 is 0. The molecule has 3 aromatic rings. The highest BCUT2D eigenvalue weighted by Gasteiger charge is 2.02. The molecule has 0 aliphatic rings. The summed E-state index contributed by atoms with van der Waals surface area (Å²) in [6.45, 7) is 1.96. The van der Waals surface area contributed by atoms with Crippen molar-refractivity contribution in [2.45, 2.75) is 14.4 Å². The van der Waals surface area contributed by atoms with Gasteiger partial charge < -0.3 is 5.32 Å². The van der Waals surface area contributed by atoms with E-state index in [9.17, 15) is 0 Å². The molecule has 2 heterocycles. The van der Waals surface area contributed by atoms with Gasteiger partial charge in [-0.2, -0.15) is 0 Å². The molecule has 106 valence electrons. The van der Waals surface area contributed by atoms with E-state index in [0.29, 0.717) is 0 Å². The SMILES string of the molecule is C.Cc1ccc(Nc2cc(-c3ccccc3)ncn2)cn1. The molecule has 0 aliphatic heterocycles. The van der Waals surface area contributed by atoms with Gasteiger partial charge in [-0.25, -0.2) is 9.97 Å². The average molecular weight is 278 g/mol. The normalized spacial score (nSPS) is 9.76. The van der Waals surface area contributed by atoms with Crippen LogP contribution >= 0.6 is 0 Å². The van der Waals surface area contributed by atoms with Crippen LogP contribution in [-0.2, 0) is 0 Å². The Morgan fingerprint density at radius 2 is 1.71 bits per heavy atom. The van der Waals surface area contributed by atoms with E-state index in [1.165, 1.54) is 0 Å². The number of hydrogen-bond donors (Lipinski definition) is 1. The van der Waals surface area contributed by atoms with E-state index in [1.54, 1.807) is 12.5 Å². The van der Waals surface area contributed by atoms with E-state index in [1.807, 2.05) is 55.5 Å². The van der Waals surface area contributed by atoms with E-state index in [0.717, 1.165) is 28.5 Å². The van der Waals surface area contributed by atoms with Crippen LogP contribution in [0, 0.1) is 6.92 Å². The summed E-state index contributed by atoms with van der Waals surface area (Å²) in [5.74, 6) is 0.754. The van der Waals surface area contributed by atoms with Gasteiger partial charge in [-0.3, -0.25) is 4.98 Å². The van der Waals surface area contributed by atoms with Gasteiger partial charge in [0.1, 0.15) is 12.1 Å². The Morgan fingerprint density at radius 3 is 2.43 bits per heavy atom. The predicted octanol–water partition coefficient (Wildman–Crippen LogP) is 4.23.